The average Bonchev–Trinajstić information content (AvgIpc) is 2.93. The molecule has 2 aliphatic rings. The third-order valence-corrected chi connectivity index (χ3v) is 6.20. The zero-order chi connectivity index (χ0) is 14.4. The van der Waals surface area contributed by atoms with E-state index in [1.807, 2.05) is 0 Å². The first-order chi connectivity index (χ1) is 9.66. The largest absolute Gasteiger partial charge is 0.312 e. The van der Waals surface area contributed by atoms with Crippen LogP contribution in [0.5, 0.6) is 0 Å². The number of thioether (sulfide) groups is 1. The van der Waals surface area contributed by atoms with Gasteiger partial charge in [-0.1, -0.05) is 19.8 Å². The third-order valence-electron chi connectivity index (χ3n) is 5.06. The first kappa shape index (κ1) is 16.6. The van der Waals surface area contributed by atoms with Crippen molar-refractivity contribution in [3.05, 3.63) is 0 Å². The number of nitrogens with zero attached hydrogens (tertiary/aromatic N) is 2. The number of hydrogen-bond acceptors (Lipinski definition) is 4. The Hall–Kier alpha value is 0.230. The van der Waals surface area contributed by atoms with Crippen LogP contribution in [0.4, 0.5) is 0 Å². The van der Waals surface area contributed by atoms with Crippen LogP contribution >= 0.6 is 11.8 Å². The van der Waals surface area contributed by atoms with Crippen molar-refractivity contribution >= 4 is 11.8 Å². The number of rotatable bonds is 7. The second kappa shape index (κ2) is 8.02. The van der Waals surface area contributed by atoms with E-state index in [0.717, 1.165) is 0 Å². The lowest BCUT2D eigenvalue weighted by atomic mass is 9.93. The minimum Gasteiger partial charge on any atom is -0.312 e. The van der Waals surface area contributed by atoms with Gasteiger partial charge in [-0.05, 0) is 32.6 Å². The molecule has 0 bridgehead atoms. The van der Waals surface area contributed by atoms with Crippen molar-refractivity contribution in [3.63, 3.8) is 0 Å². The summed E-state index contributed by atoms with van der Waals surface area (Å²) in [5.74, 6) is 2.48. The highest BCUT2D eigenvalue weighted by Gasteiger charge is 2.40. The van der Waals surface area contributed by atoms with Crippen molar-refractivity contribution in [2.45, 2.75) is 51.1 Å². The van der Waals surface area contributed by atoms with E-state index in [1.165, 1.54) is 69.9 Å². The van der Waals surface area contributed by atoms with Gasteiger partial charge in [-0.3, -0.25) is 4.90 Å². The van der Waals surface area contributed by atoms with Crippen molar-refractivity contribution in [1.29, 1.82) is 0 Å². The number of piperazine rings is 1. The SMILES string of the molecule is CCSC[C@H](C)NCC1(N2CCN(C)CC2)CCCC1. The molecule has 1 N–H and O–H groups in total. The summed E-state index contributed by atoms with van der Waals surface area (Å²) in [6, 6.07) is 0.643. The van der Waals surface area contributed by atoms with E-state index in [1.54, 1.807) is 0 Å². The van der Waals surface area contributed by atoms with Gasteiger partial charge in [0.15, 0.2) is 0 Å². The van der Waals surface area contributed by atoms with E-state index in [9.17, 15) is 0 Å². The fraction of sp³-hybridized carbons (Fsp3) is 1.00. The first-order valence-electron chi connectivity index (χ1n) is 8.41. The second-order valence-electron chi connectivity index (χ2n) is 6.66. The maximum atomic E-state index is 3.83. The Morgan fingerprint density at radius 2 is 1.80 bits per heavy atom. The van der Waals surface area contributed by atoms with Crippen LogP contribution in [-0.2, 0) is 0 Å². The summed E-state index contributed by atoms with van der Waals surface area (Å²) in [5, 5.41) is 3.83. The molecule has 3 nitrogen and oxygen atoms in total. The van der Waals surface area contributed by atoms with E-state index in [-0.39, 0.29) is 0 Å². The number of hydrogen-bond donors (Lipinski definition) is 1. The van der Waals surface area contributed by atoms with Gasteiger partial charge >= 0.3 is 0 Å². The zero-order valence-electron chi connectivity index (χ0n) is 13.7. The average molecular weight is 300 g/mol. The summed E-state index contributed by atoms with van der Waals surface area (Å²) < 4.78 is 0. The predicted molar refractivity (Wildman–Crippen MR) is 90.7 cm³/mol. The minimum atomic E-state index is 0.465. The molecule has 1 saturated heterocycles. The van der Waals surface area contributed by atoms with Gasteiger partial charge in [0, 0.05) is 50.1 Å². The molecule has 118 valence electrons. The molecule has 0 radical (unpaired) electrons. The van der Waals surface area contributed by atoms with E-state index in [4.69, 9.17) is 0 Å². The fourth-order valence-electron chi connectivity index (χ4n) is 3.64. The van der Waals surface area contributed by atoms with Crippen LogP contribution in [-0.4, -0.2) is 72.7 Å². The topological polar surface area (TPSA) is 18.5 Å². The molecule has 0 amide bonds. The minimum absolute atomic E-state index is 0.465. The lowest BCUT2D eigenvalue weighted by Crippen LogP contribution is -2.59. The molecular formula is C16H33N3S. The number of nitrogens with one attached hydrogen (secondary N) is 1. The molecule has 0 spiro atoms. The van der Waals surface area contributed by atoms with Crippen LogP contribution in [0.15, 0.2) is 0 Å². The van der Waals surface area contributed by atoms with Crippen LogP contribution in [0.3, 0.4) is 0 Å². The second-order valence-corrected chi connectivity index (χ2v) is 7.98. The smallest absolute Gasteiger partial charge is 0.0335 e. The standard InChI is InChI=1S/C16H33N3S/c1-4-20-13-15(2)17-14-16(7-5-6-8-16)19-11-9-18(3)10-12-19/h15,17H,4-14H2,1-3H3/t15-/m0/s1. The van der Waals surface area contributed by atoms with Gasteiger partial charge < -0.3 is 10.2 Å². The van der Waals surface area contributed by atoms with Crippen molar-refractivity contribution in [2.24, 2.45) is 0 Å². The van der Waals surface area contributed by atoms with Crippen LogP contribution < -0.4 is 5.32 Å². The Kier molecular flexibility index (Phi) is 6.66. The molecule has 1 aliphatic heterocycles. The van der Waals surface area contributed by atoms with Crippen LogP contribution in [0, 0.1) is 0 Å². The van der Waals surface area contributed by atoms with Crippen molar-refractivity contribution < 1.29 is 0 Å². The van der Waals surface area contributed by atoms with Crippen LogP contribution in [0.1, 0.15) is 39.5 Å². The van der Waals surface area contributed by atoms with E-state index in [2.05, 4.69) is 47.8 Å². The Morgan fingerprint density at radius 1 is 1.15 bits per heavy atom. The van der Waals surface area contributed by atoms with E-state index in [0.29, 0.717) is 11.6 Å². The molecule has 2 fully saturated rings. The molecule has 0 aromatic heterocycles. The van der Waals surface area contributed by atoms with E-state index >= 15 is 0 Å². The normalized spacial score (nSPS) is 25.9. The van der Waals surface area contributed by atoms with Crippen molar-refractivity contribution in [2.75, 3.05) is 51.3 Å². The van der Waals surface area contributed by atoms with Crippen LogP contribution in [0.25, 0.3) is 0 Å². The Morgan fingerprint density at radius 3 is 2.40 bits per heavy atom. The monoisotopic (exact) mass is 299 g/mol. The highest BCUT2D eigenvalue weighted by molar-refractivity contribution is 7.99. The Bertz CT molecular complexity index is 271. The van der Waals surface area contributed by atoms with E-state index < -0.39 is 0 Å². The van der Waals surface area contributed by atoms with Gasteiger partial charge in [-0.15, -0.1) is 0 Å². The van der Waals surface area contributed by atoms with Crippen molar-refractivity contribution in [3.8, 4) is 0 Å². The fourth-order valence-corrected chi connectivity index (χ4v) is 4.34. The third kappa shape index (κ3) is 4.36. The molecule has 1 heterocycles. The Labute approximate surface area is 129 Å². The molecule has 1 aliphatic carbocycles. The zero-order valence-corrected chi connectivity index (χ0v) is 14.5. The summed E-state index contributed by atoms with van der Waals surface area (Å²) in [6.07, 6.45) is 5.65. The van der Waals surface area contributed by atoms with Gasteiger partial charge in [0.25, 0.3) is 0 Å². The summed E-state index contributed by atoms with van der Waals surface area (Å²) in [7, 11) is 2.25. The van der Waals surface area contributed by atoms with Crippen LogP contribution in [0.2, 0.25) is 0 Å². The quantitative estimate of drug-likeness (QED) is 0.777. The lowest BCUT2D eigenvalue weighted by molar-refractivity contribution is 0.0417. The van der Waals surface area contributed by atoms with Gasteiger partial charge in [0.2, 0.25) is 0 Å². The first-order valence-corrected chi connectivity index (χ1v) is 9.56. The summed E-state index contributed by atoms with van der Waals surface area (Å²) in [6.45, 7) is 10.8. The summed E-state index contributed by atoms with van der Waals surface area (Å²) in [4.78, 5) is 5.26. The molecular weight excluding hydrogens is 266 g/mol. The highest BCUT2D eigenvalue weighted by Crippen LogP contribution is 2.35. The summed E-state index contributed by atoms with van der Waals surface area (Å²) in [5.41, 5.74) is 0.465. The molecule has 2 rings (SSSR count). The molecule has 1 atom stereocenters. The molecule has 0 aromatic carbocycles. The molecule has 0 unspecified atom stereocenters. The van der Waals surface area contributed by atoms with Gasteiger partial charge in [0.1, 0.15) is 0 Å². The van der Waals surface area contributed by atoms with Crippen molar-refractivity contribution in [1.82, 2.24) is 15.1 Å². The molecule has 0 aromatic rings. The highest BCUT2D eigenvalue weighted by atomic mass is 32.2. The summed E-state index contributed by atoms with van der Waals surface area (Å²) >= 11 is 2.05. The molecule has 1 saturated carbocycles. The lowest BCUT2D eigenvalue weighted by Gasteiger charge is -2.46. The van der Waals surface area contributed by atoms with Gasteiger partial charge in [0.05, 0.1) is 0 Å². The maximum Gasteiger partial charge on any atom is 0.0335 e. The van der Waals surface area contributed by atoms with Gasteiger partial charge in [-0.2, -0.15) is 11.8 Å². The Balaban J connectivity index is 1.85. The number of likely N-dealkylation sites (N-methyl/N-ethyl adjacent to an activating group) is 1. The molecule has 20 heavy (non-hydrogen) atoms. The van der Waals surface area contributed by atoms with Gasteiger partial charge in [-0.25, -0.2) is 0 Å². The molecule has 4 heteroatoms. The maximum absolute atomic E-state index is 3.83. The predicted octanol–water partition coefficient (Wildman–Crippen LogP) is 2.28.